The van der Waals surface area contributed by atoms with E-state index < -0.39 is 0 Å². The fourth-order valence-corrected chi connectivity index (χ4v) is 3.56. The average molecular weight is 401 g/mol. The number of fused-ring (bicyclic) bond motifs is 1. The van der Waals surface area contributed by atoms with Crippen LogP contribution in [0.1, 0.15) is 55.1 Å². The lowest BCUT2D eigenvalue weighted by molar-refractivity contribution is 0.0948. The number of rotatable bonds is 8. The molecular weight excluding hydrogens is 376 g/mol. The predicted octanol–water partition coefficient (Wildman–Crippen LogP) is 3.63. The van der Waals surface area contributed by atoms with Crippen molar-refractivity contribution in [1.82, 2.24) is 29.9 Å². The summed E-state index contributed by atoms with van der Waals surface area (Å²) >= 11 is 5.91. The minimum atomic E-state index is -0.0734. The van der Waals surface area contributed by atoms with Gasteiger partial charge in [-0.2, -0.15) is 10.2 Å². The smallest absolute Gasteiger partial charge is 0.252 e. The van der Waals surface area contributed by atoms with Crippen molar-refractivity contribution >= 4 is 28.5 Å². The molecule has 28 heavy (non-hydrogen) atoms. The molecule has 1 atom stereocenters. The average Bonchev–Trinajstić information content (AvgIpc) is 3.34. The Labute approximate surface area is 169 Å². The molecule has 1 fully saturated rings. The van der Waals surface area contributed by atoms with Gasteiger partial charge in [-0.15, -0.1) is 0 Å². The molecule has 148 valence electrons. The van der Waals surface area contributed by atoms with Crippen LogP contribution >= 0.6 is 11.6 Å². The zero-order valence-corrected chi connectivity index (χ0v) is 17.0. The van der Waals surface area contributed by atoms with Crippen molar-refractivity contribution in [2.45, 2.75) is 52.1 Å². The molecule has 7 nitrogen and oxygen atoms in total. The number of nitrogens with one attached hydrogen (secondary N) is 1. The van der Waals surface area contributed by atoms with Crippen molar-refractivity contribution in [3.8, 4) is 0 Å². The molecule has 0 spiro atoms. The van der Waals surface area contributed by atoms with Crippen LogP contribution in [0, 0.1) is 5.92 Å². The van der Waals surface area contributed by atoms with Gasteiger partial charge < -0.3 is 5.32 Å². The highest BCUT2D eigenvalue weighted by atomic mass is 35.5. The molecule has 0 aromatic carbocycles. The van der Waals surface area contributed by atoms with Gasteiger partial charge in [0.05, 0.1) is 28.4 Å². The first-order chi connectivity index (χ1) is 13.5. The highest BCUT2D eigenvalue weighted by molar-refractivity contribution is 6.30. The van der Waals surface area contributed by atoms with Crippen LogP contribution in [0.3, 0.4) is 0 Å². The summed E-state index contributed by atoms with van der Waals surface area (Å²) in [7, 11) is 0. The molecule has 3 aromatic heterocycles. The van der Waals surface area contributed by atoms with Crippen LogP contribution in [0.15, 0.2) is 24.7 Å². The number of halogens is 1. The van der Waals surface area contributed by atoms with Gasteiger partial charge in [0.15, 0.2) is 5.65 Å². The first kappa shape index (κ1) is 18.9. The third-order valence-electron chi connectivity index (χ3n) is 5.02. The molecule has 1 N–H and O–H groups in total. The second kappa shape index (κ2) is 7.91. The quantitative estimate of drug-likeness (QED) is 0.626. The Hall–Kier alpha value is -2.41. The summed E-state index contributed by atoms with van der Waals surface area (Å²) in [5.74, 6) is 0.628. The van der Waals surface area contributed by atoms with Crippen molar-refractivity contribution in [3.05, 3.63) is 40.9 Å². The number of hydrogen-bond donors (Lipinski definition) is 1. The van der Waals surface area contributed by atoms with E-state index in [-0.39, 0.29) is 11.8 Å². The standard InChI is InChI=1S/C20H25ClN6O/c1-3-6-27-19-17(10-24-27)16(7-18(25-19)14-4-5-14)20(28)22-8-13(2)11-26-12-15(21)9-23-26/h7,9-10,12-14H,3-6,8,11H2,1-2H3,(H,22,28)/t13-/m0/s1. The summed E-state index contributed by atoms with van der Waals surface area (Å²) in [6.07, 6.45) is 8.43. The van der Waals surface area contributed by atoms with Crippen LogP contribution < -0.4 is 5.32 Å². The molecule has 3 heterocycles. The normalized spacial score (nSPS) is 15.1. The van der Waals surface area contributed by atoms with Crippen molar-refractivity contribution < 1.29 is 4.79 Å². The summed E-state index contributed by atoms with van der Waals surface area (Å²) in [5.41, 5.74) is 2.49. The molecule has 4 rings (SSSR count). The van der Waals surface area contributed by atoms with Gasteiger partial charge in [0, 0.05) is 37.4 Å². The Kier molecular flexibility index (Phi) is 5.35. The number of carbonyl (C=O) groups excluding carboxylic acids is 1. The number of amides is 1. The van der Waals surface area contributed by atoms with Gasteiger partial charge in [-0.25, -0.2) is 9.67 Å². The van der Waals surface area contributed by atoms with E-state index in [4.69, 9.17) is 16.6 Å². The molecule has 1 aliphatic carbocycles. The van der Waals surface area contributed by atoms with Crippen LogP contribution in [0.5, 0.6) is 0 Å². The van der Waals surface area contributed by atoms with Gasteiger partial charge >= 0.3 is 0 Å². The lowest BCUT2D eigenvalue weighted by atomic mass is 10.1. The molecule has 0 radical (unpaired) electrons. The van der Waals surface area contributed by atoms with E-state index in [9.17, 15) is 4.79 Å². The maximum Gasteiger partial charge on any atom is 0.252 e. The number of aromatic nitrogens is 5. The van der Waals surface area contributed by atoms with E-state index in [2.05, 4.69) is 29.4 Å². The van der Waals surface area contributed by atoms with Crippen LogP contribution in [-0.2, 0) is 13.1 Å². The number of aryl methyl sites for hydroxylation is 1. The topological polar surface area (TPSA) is 77.6 Å². The predicted molar refractivity (Wildman–Crippen MR) is 109 cm³/mol. The first-order valence-corrected chi connectivity index (χ1v) is 10.3. The van der Waals surface area contributed by atoms with E-state index in [0.29, 0.717) is 29.6 Å². The Bertz CT molecular complexity index is 990. The third kappa shape index (κ3) is 4.04. The minimum Gasteiger partial charge on any atom is -0.352 e. The molecule has 3 aromatic rings. The van der Waals surface area contributed by atoms with E-state index in [1.165, 1.54) is 0 Å². The SMILES string of the molecule is CCCn1ncc2c(C(=O)NC[C@H](C)Cn3cc(Cl)cn3)cc(C3CC3)nc21. The summed E-state index contributed by atoms with van der Waals surface area (Å²) in [6.45, 7) is 6.24. The molecule has 0 bridgehead atoms. The van der Waals surface area contributed by atoms with E-state index in [0.717, 1.165) is 42.5 Å². The molecule has 0 aliphatic heterocycles. The number of hydrogen-bond acceptors (Lipinski definition) is 4. The summed E-state index contributed by atoms with van der Waals surface area (Å²) < 4.78 is 3.70. The largest absolute Gasteiger partial charge is 0.352 e. The zero-order chi connectivity index (χ0) is 19.7. The maximum absolute atomic E-state index is 13.0. The fourth-order valence-electron chi connectivity index (χ4n) is 3.40. The molecule has 1 saturated carbocycles. The lowest BCUT2D eigenvalue weighted by Gasteiger charge is -2.14. The van der Waals surface area contributed by atoms with Gasteiger partial charge in [-0.3, -0.25) is 9.48 Å². The first-order valence-electron chi connectivity index (χ1n) is 9.87. The van der Waals surface area contributed by atoms with Crippen LogP contribution in [0.25, 0.3) is 11.0 Å². The molecule has 8 heteroatoms. The van der Waals surface area contributed by atoms with Crippen molar-refractivity contribution in [3.63, 3.8) is 0 Å². The Balaban J connectivity index is 1.51. The second-order valence-electron chi connectivity index (χ2n) is 7.67. The monoisotopic (exact) mass is 400 g/mol. The van der Waals surface area contributed by atoms with Crippen LogP contribution in [0.4, 0.5) is 0 Å². The lowest BCUT2D eigenvalue weighted by Crippen LogP contribution is -2.30. The Morgan fingerprint density at radius 1 is 1.36 bits per heavy atom. The number of pyridine rings is 1. The van der Waals surface area contributed by atoms with Crippen molar-refractivity contribution in [2.75, 3.05) is 6.54 Å². The highest BCUT2D eigenvalue weighted by Gasteiger charge is 2.28. The number of nitrogens with zero attached hydrogens (tertiary/aromatic N) is 5. The highest BCUT2D eigenvalue weighted by Crippen LogP contribution is 2.40. The summed E-state index contributed by atoms with van der Waals surface area (Å²) in [6, 6.07) is 1.95. The van der Waals surface area contributed by atoms with Crippen molar-refractivity contribution in [1.29, 1.82) is 0 Å². The second-order valence-corrected chi connectivity index (χ2v) is 8.11. The maximum atomic E-state index is 13.0. The third-order valence-corrected chi connectivity index (χ3v) is 5.21. The molecular formula is C20H25ClN6O. The van der Waals surface area contributed by atoms with Gasteiger partial charge in [0.2, 0.25) is 0 Å². The van der Waals surface area contributed by atoms with Gasteiger partial charge in [-0.1, -0.05) is 25.4 Å². The molecule has 0 saturated heterocycles. The number of carbonyl (C=O) groups is 1. The van der Waals surface area contributed by atoms with Gasteiger partial charge in [0.1, 0.15) is 0 Å². The van der Waals surface area contributed by atoms with Gasteiger partial charge in [-0.05, 0) is 31.2 Å². The zero-order valence-electron chi connectivity index (χ0n) is 16.2. The van der Waals surface area contributed by atoms with Crippen LogP contribution in [0.2, 0.25) is 5.02 Å². The minimum absolute atomic E-state index is 0.0734. The Morgan fingerprint density at radius 3 is 2.86 bits per heavy atom. The fraction of sp³-hybridized carbons (Fsp3) is 0.500. The van der Waals surface area contributed by atoms with Crippen LogP contribution in [-0.4, -0.2) is 37.0 Å². The van der Waals surface area contributed by atoms with Gasteiger partial charge in [0.25, 0.3) is 5.91 Å². The summed E-state index contributed by atoms with van der Waals surface area (Å²) in [4.78, 5) is 17.8. The molecule has 1 aliphatic rings. The molecule has 0 unspecified atom stereocenters. The van der Waals surface area contributed by atoms with E-state index in [1.54, 1.807) is 23.3 Å². The summed E-state index contributed by atoms with van der Waals surface area (Å²) in [5, 5.41) is 13.2. The van der Waals surface area contributed by atoms with E-state index in [1.807, 2.05) is 10.7 Å². The molecule has 1 amide bonds. The van der Waals surface area contributed by atoms with E-state index >= 15 is 0 Å². The Morgan fingerprint density at radius 2 is 2.18 bits per heavy atom. The van der Waals surface area contributed by atoms with Crippen molar-refractivity contribution in [2.24, 2.45) is 5.92 Å².